The quantitative estimate of drug-likeness (QED) is 0.811. The normalized spacial score (nSPS) is 14.2. The van der Waals surface area contributed by atoms with Gasteiger partial charge in [-0.25, -0.2) is 4.21 Å². The fourth-order valence-electron chi connectivity index (χ4n) is 1.18. The van der Waals surface area contributed by atoms with Crippen molar-refractivity contribution in [2.75, 3.05) is 0 Å². The maximum absolute atomic E-state index is 12.2. The molecular weight excluding hydrogens is 279 g/mol. The number of nitrogens with one attached hydrogen (secondary N) is 1. The van der Waals surface area contributed by atoms with Crippen molar-refractivity contribution in [2.24, 2.45) is 0 Å². The van der Waals surface area contributed by atoms with Gasteiger partial charge in [0.15, 0.2) is 14.8 Å². The zero-order chi connectivity index (χ0) is 11.9. The number of aromatic nitrogens is 1. The number of thiazole rings is 1. The third-order valence-electron chi connectivity index (χ3n) is 1.81. The minimum atomic E-state index is -4.74. The minimum Gasteiger partial charge on any atom is -0.337 e. The van der Waals surface area contributed by atoms with Crippen LogP contribution in [-0.2, 0) is 10.8 Å². The molecule has 16 heavy (non-hydrogen) atoms. The lowest BCUT2D eigenvalue weighted by Crippen LogP contribution is -2.16. The summed E-state index contributed by atoms with van der Waals surface area (Å²) in [6.07, 6.45) is 0. The number of hydrogen-bond donors (Lipinski definition) is 1. The predicted molar refractivity (Wildman–Crippen MR) is 59.5 cm³/mol. The fraction of sp³-hybridized carbons (Fsp3) is 0.125. The van der Waals surface area contributed by atoms with Gasteiger partial charge in [0.25, 0.3) is 0 Å². The molecule has 86 valence electrons. The van der Waals surface area contributed by atoms with Crippen LogP contribution in [0.15, 0.2) is 23.1 Å². The van der Waals surface area contributed by atoms with Crippen LogP contribution in [0.3, 0.4) is 0 Å². The Morgan fingerprint density at radius 2 is 2.06 bits per heavy atom. The summed E-state index contributed by atoms with van der Waals surface area (Å²) in [5, 5.41) is 0. The van der Waals surface area contributed by atoms with Gasteiger partial charge in [-0.3, -0.25) is 0 Å². The Balaban J connectivity index is 2.55. The molecule has 0 aliphatic heterocycles. The van der Waals surface area contributed by atoms with E-state index in [2.05, 4.69) is 4.98 Å². The van der Waals surface area contributed by atoms with E-state index in [4.69, 9.17) is 12.2 Å². The van der Waals surface area contributed by atoms with Crippen molar-refractivity contribution in [3.8, 4) is 0 Å². The highest BCUT2D eigenvalue weighted by Crippen LogP contribution is 2.29. The van der Waals surface area contributed by atoms with Gasteiger partial charge in [-0.1, -0.05) is 0 Å². The van der Waals surface area contributed by atoms with E-state index in [0.29, 0.717) is 9.47 Å². The second-order valence-corrected chi connectivity index (χ2v) is 6.08. The van der Waals surface area contributed by atoms with E-state index in [-0.39, 0.29) is 4.90 Å². The molecule has 0 bridgehead atoms. The summed E-state index contributed by atoms with van der Waals surface area (Å²) < 4.78 is 48.9. The molecule has 0 aliphatic rings. The third kappa shape index (κ3) is 2.18. The zero-order valence-corrected chi connectivity index (χ0v) is 9.95. The van der Waals surface area contributed by atoms with Crippen LogP contribution in [0, 0.1) is 3.95 Å². The first kappa shape index (κ1) is 11.7. The van der Waals surface area contributed by atoms with Gasteiger partial charge in [0.05, 0.1) is 15.1 Å². The Morgan fingerprint density at radius 3 is 2.69 bits per heavy atom. The van der Waals surface area contributed by atoms with Gasteiger partial charge < -0.3 is 4.98 Å². The fourth-order valence-corrected chi connectivity index (χ4v) is 2.96. The summed E-state index contributed by atoms with van der Waals surface area (Å²) in [5.41, 5.74) is -4.26. The number of hydrogen-bond acceptors (Lipinski definition) is 3. The molecule has 0 saturated carbocycles. The number of aromatic amines is 1. The van der Waals surface area contributed by atoms with E-state index >= 15 is 0 Å². The highest BCUT2D eigenvalue weighted by Gasteiger charge is 2.38. The van der Waals surface area contributed by atoms with Gasteiger partial charge in [0.1, 0.15) is 0 Å². The van der Waals surface area contributed by atoms with E-state index in [1.807, 2.05) is 0 Å². The largest absolute Gasteiger partial charge is 0.475 e. The highest BCUT2D eigenvalue weighted by atomic mass is 32.2. The first-order valence-corrected chi connectivity index (χ1v) is 6.37. The average Bonchev–Trinajstić information content (AvgIpc) is 2.54. The smallest absolute Gasteiger partial charge is 0.337 e. The molecule has 0 radical (unpaired) electrons. The Kier molecular flexibility index (Phi) is 2.89. The Morgan fingerprint density at radius 1 is 1.38 bits per heavy atom. The van der Waals surface area contributed by atoms with Crippen LogP contribution >= 0.6 is 23.6 Å². The summed E-state index contributed by atoms with van der Waals surface area (Å²) in [6, 6.07) is 3.89. The van der Waals surface area contributed by atoms with Gasteiger partial charge in [0.2, 0.25) is 0 Å². The lowest BCUT2D eigenvalue weighted by Gasteiger charge is -2.05. The molecule has 1 heterocycles. The number of halogens is 3. The molecule has 0 aliphatic carbocycles. The van der Waals surface area contributed by atoms with Crippen molar-refractivity contribution in [3.63, 3.8) is 0 Å². The van der Waals surface area contributed by atoms with Crippen molar-refractivity contribution >= 4 is 44.6 Å². The zero-order valence-electron chi connectivity index (χ0n) is 7.50. The lowest BCUT2D eigenvalue weighted by molar-refractivity contribution is -0.0384. The van der Waals surface area contributed by atoms with Gasteiger partial charge in [-0.2, -0.15) is 13.2 Å². The summed E-state index contributed by atoms with van der Waals surface area (Å²) in [4.78, 5) is 2.46. The summed E-state index contributed by atoms with van der Waals surface area (Å²) >= 11 is 6.12. The van der Waals surface area contributed by atoms with Crippen molar-refractivity contribution in [1.82, 2.24) is 4.98 Å². The summed E-state index contributed by atoms with van der Waals surface area (Å²) in [5.74, 6) is 0. The van der Waals surface area contributed by atoms with Crippen LogP contribution in [0.5, 0.6) is 0 Å². The maximum atomic E-state index is 12.2. The van der Waals surface area contributed by atoms with E-state index in [0.717, 1.165) is 4.70 Å². The van der Waals surface area contributed by atoms with Gasteiger partial charge in [-0.05, 0) is 30.4 Å². The Hall–Kier alpha value is -0.730. The molecule has 1 unspecified atom stereocenters. The molecule has 2 nitrogen and oxygen atoms in total. The molecule has 0 amide bonds. The average molecular weight is 283 g/mol. The monoisotopic (exact) mass is 283 g/mol. The number of rotatable bonds is 1. The van der Waals surface area contributed by atoms with E-state index in [1.165, 1.54) is 29.5 Å². The summed E-state index contributed by atoms with van der Waals surface area (Å²) in [7, 11) is -3.00. The molecular formula is C8H4F3NOS3. The second-order valence-electron chi connectivity index (χ2n) is 2.89. The van der Waals surface area contributed by atoms with Gasteiger partial charge >= 0.3 is 5.51 Å². The first-order chi connectivity index (χ1) is 7.38. The van der Waals surface area contributed by atoms with Crippen molar-refractivity contribution < 1.29 is 17.4 Å². The molecule has 0 saturated heterocycles. The first-order valence-electron chi connectivity index (χ1n) is 3.99. The van der Waals surface area contributed by atoms with E-state index in [9.17, 15) is 17.4 Å². The van der Waals surface area contributed by atoms with Crippen molar-refractivity contribution in [1.29, 1.82) is 0 Å². The van der Waals surface area contributed by atoms with Crippen LogP contribution < -0.4 is 0 Å². The van der Waals surface area contributed by atoms with E-state index < -0.39 is 16.3 Å². The molecule has 0 spiro atoms. The van der Waals surface area contributed by atoms with Crippen molar-refractivity contribution in [3.05, 3.63) is 22.2 Å². The molecule has 8 heteroatoms. The second kappa shape index (κ2) is 3.94. The highest BCUT2D eigenvalue weighted by molar-refractivity contribution is 7.86. The number of fused-ring (bicyclic) bond motifs is 1. The molecule has 1 atom stereocenters. The Bertz CT molecular complexity index is 613. The number of benzene rings is 1. The van der Waals surface area contributed by atoms with Gasteiger partial charge in [-0.15, -0.1) is 11.3 Å². The topological polar surface area (TPSA) is 32.9 Å². The number of alkyl halides is 3. The van der Waals surface area contributed by atoms with Crippen LogP contribution in [-0.4, -0.2) is 14.7 Å². The Labute approximate surface area is 99.6 Å². The lowest BCUT2D eigenvalue weighted by atomic mass is 10.3. The molecule has 1 aromatic carbocycles. The van der Waals surface area contributed by atoms with Crippen LogP contribution in [0.2, 0.25) is 0 Å². The molecule has 0 fully saturated rings. The standard InChI is InChI=1S/C8H4F3NOS3/c9-8(10,11)16(13)4-1-2-6-5(3-4)12-7(14)15-6/h1-3H,(H,12,14). The minimum absolute atomic E-state index is 0.274. The van der Waals surface area contributed by atoms with Crippen LogP contribution in [0.1, 0.15) is 0 Å². The van der Waals surface area contributed by atoms with Crippen molar-refractivity contribution in [2.45, 2.75) is 10.4 Å². The number of H-pyrrole nitrogens is 1. The SMILES string of the molecule is O=S(c1ccc2sc(=S)[nH]c2c1)C(F)(F)F. The van der Waals surface area contributed by atoms with Gasteiger partial charge in [0, 0.05) is 0 Å². The third-order valence-corrected chi connectivity index (χ3v) is 4.13. The molecule has 2 aromatic rings. The molecule has 1 N–H and O–H groups in total. The van der Waals surface area contributed by atoms with Crippen LogP contribution in [0.4, 0.5) is 13.2 Å². The molecule has 2 rings (SSSR count). The predicted octanol–water partition coefficient (Wildman–Crippen LogP) is 3.59. The summed E-state index contributed by atoms with van der Waals surface area (Å²) in [6.45, 7) is 0. The molecule has 1 aromatic heterocycles. The van der Waals surface area contributed by atoms with Crippen LogP contribution in [0.25, 0.3) is 10.2 Å². The van der Waals surface area contributed by atoms with E-state index in [1.54, 1.807) is 0 Å². The maximum Gasteiger partial charge on any atom is 0.475 e.